The molecule has 6 rings (SSSR count). The summed E-state index contributed by atoms with van der Waals surface area (Å²) in [6.07, 6.45) is 5.50. The van der Waals surface area contributed by atoms with Crippen LogP contribution >= 0.6 is 38.6 Å². The smallest absolute Gasteiger partial charge is 0.354 e. The number of hydrogen-bond donors (Lipinski definition) is 1. The molecular formula is C28H35BrN2O4S2. The van der Waals surface area contributed by atoms with E-state index in [1.54, 1.807) is 29.6 Å². The van der Waals surface area contributed by atoms with Crippen LogP contribution in [0.1, 0.15) is 70.3 Å². The first-order valence-corrected chi connectivity index (χ1v) is 15.7. The number of fused-ring (bicyclic) bond motifs is 2. The molecule has 0 radical (unpaired) electrons. The molecule has 0 saturated heterocycles. The van der Waals surface area contributed by atoms with Crippen LogP contribution in [0, 0.1) is 25.7 Å². The Balaban J connectivity index is 0.000000149. The van der Waals surface area contributed by atoms with E-state index in [4.69, 9.17) is 9.47 Å². The summed E-state index contributed by atoms with van der Waals surface area (Å²) in [5, 5.41) is 3.48. The Morgan fingerprint density at radius 3 is 2.11 bits per heavy atom. The summed E-state index contributed by atoms with van der Waals surface area (Å²) in [6, 6.07) is 8.00. The summed E-state index contributed by atoms with van der Waals surface area (Å²) >= 11 is 6.78. The lowest BCUT2D eigenvalue weighted by atomic mass is 10.3. The highest BCUT2D eigenvalue weighted by Crippen LogP contribution is 2.36. The van der Waals surface area contributed by atoms with Gasteiger partial charge in [0.05, 0.1) is 13.2 Å². The topological polar surface area (TPSA) is 73.3 Å². The Morgan fingerprint density at radius 1 is 0.919 bits per heavy atom. The van der Waals surface area contributed by atoms with Gasteiger partial charge >= 0.3 is 11.9 Å². The first-order valence-electron chi connectivity index (χ1n) is 12.9. The highest BCUT2D eigenvalue weighted by molar-refractivity contribution is 9.09. The molecule has 2 fully saturated rings. The van der Waals surface area contributed by atoms with Gasteiger partial charge in [0.2, 0.25) is 0 Å². The van der Waals surface area contributed by atoms with Gasteiger partial charge in [-0.2, -0.15) is 0 Å². The van der Waals surface area contributed by atoms with Crippen LogP contribution < -0.4 is 0 Å². The molecule has 2 aliphatic rings. The third-order valence-corrected chi connectivity index (χ3v) is 9.14. The molecule has 0 bridgehead atoms. The minimum atomic E-state index is -0.284. The van der Waals surface area contributed by atoms with Crippen molar-refractivity contribution < 1.29 is 19.1 Å². The molecular weight excluding hydrogens is 572 g/mol. The maximum Gasteiger partial charge on any atom is 0.354 e. The average Bonchev–Trinajstić information content (AvgIpc) is 3.73. The van der Waals surface area contributed by atoms with Crippen LogP contribution in [0.3, 0.4) is 0 Å². The van der Waals surface area contributed by atoms with E-state index in [9.17, 15) is 9.59 Å². The largest absolute Gasteiger partial charge is 0.461 e. The lowest BCUT2D eigenvalue weighted by Crippen LogP contribution is -2.12. The molecule has 0 unspecified atom stereocenters. The Labute approximate surface area is 234 Å². The van der Waals surface area contributed by atoms with Crippen molar-refractivity contribution in [2.75, 3.05) is 18.5 Å². The molecule has 9 heteroatoms. The van der Waals surface area contributed by atoms with Gasteiger partial charge in [-0.1, -0.05) is 15.9 Å². The summed E-state index contributed by atoms with van der Waals surface area (Å²) in [6.45, 7) is 9.59. The van der Waals surface area contributed by atoms with Gasteiger partial charge in [0, 0.05) is 32.4 Å². The van der Waals surface area contributed by atoms with Crippen LogP contribution in [0.5, 0.6) is 0 Å². The molecule has 1 N–H and O–H groups in total. The molecule has 4 heterocycles. The summed E-state index contributed by atoms with van der Waals surface area (Å²) in [5.74, 6) is 1.32. The predicted octanol–water partition coefficient (Wildman–Crippen LogP) is 8.10. The number of halogens is 1. The molecule has 0 aromatic carbocycles. The Bertz CT molecular complexity index is 1330. The van der Waals surface area contributed by atoms with Crippen molar-refractivity contribution >= 4 is 71.0 Å². The van der Waals surface area contributed by atoms with Crippen molar-refractivity contribution in [3.63, 3.8) is 0 Å². The number of carbonyl (C=O) groups is 2. The standard InChI is InChI=1S/C14H17NO2S.C10H11NO2S.C4H7Br/c1-3-17-14(16)12-7-11-6-9(2)18-13(11)15(12)8-10-4-5-10;1-3-13-10(12)8-5-7-4-6(2)14-9(7)11-8;5-3-4-1-2-4/h6-7,10H,3-5,8H2,1-2H3;4-5,11H,3H2,1-2H3;4H,1-3H2. The fourth-order valence-corrected chi connectivity index (χ4v) is 6.49. The van der Waals surface area contributed by atoms with Crippen LogP contribution in [-0.4, -0.2) is 40.0 Å². The zero-order chi connectivity index (χ0) is 26.5. The molecule has 37 heavy (non-hydrogen) atoms. The van der Waals surface area contributed by atoms with E-state index in [0.29, 0.717) is 24.6 Å². The zero-order valence-electron chi connectivity index (χ0n) is 21.9. The van der Waals surface area contributed by atoms with Gasteiger partial charge in [-0.05, 0) is 89.5 Å². The molecule has 6 nitrogen and oxygen atoms in total. The number of nitrogens with zero attached hydrogens (tertiary/aromatic N) is 1. The lowest BCUT2D eigenvalue weighted by Gasteiger charge is -2.08. The number of aromatic nitrogens is 2. The second-order valence-electron chi connectivity index (χ2n) is 9.56. The van der Waals surface area contributed by atoms with E-state index >= 15 is 0 Å². The number of thiophene rings is 2. The van der Waals surface area contributed by atoms with Crippen LogP contribution in [0.25, 0.3) is 20.4 Å². The van der Waals surface area contributed by atoms with Crippen molar-refractivity contribution in [2.24, 2.45) is 11.8 Å². The van der Waals surface area contributed by atoms with Crippen LogP contribution in [-0.2, 0) is 16.0 Å². The minimum Gasteiger partial charge on any atom is -0.461 e. The molecule has 0 amide bonds. The maximum atomic E-state index is 12.0. The number of alkyl halides is 1. The van der Waals surface area contributed by atoms with Gasteiger partial charge in [0.1, 0.15) is 21.0 Å². The molecule has 4 aromatic rings. The van der Waals surface area contributed by atoms with Crippen LogP contribution in [0.15, 0.2) is 24.3 Å². The number of hydrogen-bond acceptors (Lipinski definition) is 6. The molecule has 4 aromatic heterocycles. The molecule has 0 aliphatic heterocycles. The second kappa shape index (κ2) is 12.6. The van der Waals surface area contributed by atoms with Gasteiger partial charge in [-0.3, -0.25) is 0 Å². The molecule has 2 aliphatic carbocycles. The van der Waals surface area contributed by atoms with E-state index in [1.165, 1.54) is 51.0 Å². The number of H-pyrrole nitrogens is 1. The van der Waals surface area contributed by atoms with E-state index in [1.807, 2.05) is 26.0 Å². The van der Waals surface area contributed by atoms with Gasteiger partial charge in [-0.25, -0.2) is 9.59 Å². The first-order chi connectivity index (χ1) is 17.8. The number of aryl methyl sites for hydroxylation is 2. The van der Waals surface area contributed by atoms with Crippen molar-refractivity contribution in [3.8, 4) is 0 Å². The SMILES string of the molecule is BrCC1CC1.CCOC(=O)c1cc2cc(C)sc2[nH]1.CCOC(=O)c1cc2cc(C)sc2n1CC1CC1. The Morgan fingerprint density at radius 2 is 1.54 bits per heavy atom. The van der Waals surface area contributed by atoms with Gasteiger partial charge < -0.3 is 19.0 Å². The summed E-state index contributed by atoms with van der Waals surface area (Å²) in [5.41, 5.74) is 1.25. The number of aromatic amines is 1. The highest BCUT2D eigenvalue weighted by atomic mass is 79.9. The Hall–Kier alpha value is -2.10. The van der Waals surface area contributed by atoms with E-state index in [2.05, 4.69) is 44.5 Å². The molecule has 200 valence electrons. The third-order valence-electron chi connectivity index (χ3n) is 6.16. The fraction of sp³-hybridized carbons (Fsp3) is 0.500. The quantitative estimate of drug-likeness (QED) is 0.170. The first kappa shape index (κ1) is 27.9. The monoisotopic (exact) mass is 606 g/mol. The molecule has 0 atom stereocenters. The lowest BCUT2D eigenvalue weighted by molar-refractivity contribution is 0.0507. The number of ether oxygens (including phenoxy) is 2. The molecule has 2 saturated carbocycles. The number of esters is 2. The third kappa shape index (κ3) is 7.48. The summed E-state index contributed by atoms with van der Waals surface area (Å²) in [7, 11) is 0. The van der Waals surface area contributed by atoms with E-state index in [-0.39, 0.29) is 11.9 Å². The fourth-order valence-electron chi connectivity index (χ4n) is 3.93. The van der Waals surface area contributed by atoms with Crippen LogP contribution in [0.4, 0.5) is 0 Å². The number of nitrogens with one attached hydrogen (secondary N) is 1. The summed E-state index contributed by atoms with van der Waals surface area (Å²) < 4.78 is 12.2. The second-order valence-corrected chi connectivity index (χ2v) is 12.7. The number of rotatable bonds is 7. The normalized spacial score (nSPS) is 14.6. The minimum absolute atomic E-state index is 0.195. The average molecular weight is 608 g/mol. The van der Waals surface area contributed by atoms with Gasteiger partial charge in [0.15, 0.2) is 0 Å². The van der Waals surface area contributed by atoms with Gasteiger partial charge in [0.25, 0.3) is 0 Å². The number of carbonyl (C=O) groups excluding carboxylic acids is 2. The van der Waals surface area contributed by atoms with Crippen molar-refractivity contribution in [3.05, 3.63) is 45.4 Å². The van der Waals surface area contributed by atoms with Crippen molar-refractivity contribution in [1.82, 2.24) is 9.55 Å². The maximum absolute atomic E-state index is 12.0. The summed E-state index contributed by atoms with van der Waals surface area (Å²) in [4.78, 5) is 31.1. The van der Waals surface area contributed by atoms with Crippen molar-refractivity contribution in [1.29, 1.82) is 0 Å². The van der Waals surface area contributed by atoms with E-state index < -0.39 is 0 Å². The van der Waals surface area contributed by atoms with Crippen LogP contribution in [0.2, 0.25) is 0 Å². The molecule has 0 spiro atoms. The van der Waals surface area contributed by atoms with Crippen molar-refractivity contribution in [2.45, 2.75) is 59.9 Å². The predicted molar refractivity (Wildman–Crippen MR) is 157 cm³/mol. The Kier molecular flexibility index (Phi) is 9.53. The highest BCUT2D eigenvalue weighted by Gasteiger charge is 2.26. The van der Waals surface area contributed by atoms with Gasteiger partial charge in [-0.15, -0.1) is 22.7 Å². The van der Waals surface area contributed by atoms with E-state index in [0.717, 1.165) is 28.6 Å². The zero-order valence-corrected chi connectivity index (χ0v) is 25.1.